The lowest BCUT2D eigenvalue weighted by atomic mass is 10.1. The summed E-state index contributed by atoms with van der Waals surface area (Å²) in [4.78, 5) is 23.4. The third-order valence-electron chi connectivity index (χ3n) is 3.40. The summed E-state index contributed by atoms with van der Waals surface area (Å²) in [6, 6.07) is 12.4. The van der Waals surface area contributed by atoms with Crippen molar-refractivity contribution >= 4 is 11.9 Å². The number of hydrogen-bond donors (Lipinski definition) is 1. The topological polar surface area (TPSA) is 64.6 Å². The molecule has 0 aliphatic heterocycles. The van der Waals surface area contributed by atoms with E-state index in [1.54, 1.807) is 24.3 Å². The summed E-state index contributed by atoms with van der Waals surface area (Å²) in [5.74, 6) is -0.863. The van der Waals surface area contributed by atoms with E-state index in [4.69, 9.17) is 0 Å². The van der Waals surface area contributed by atoms with Gasteiger partial charge in [-0.3, -0.25) is 4.79 Å². The molecular weight excluding hydrogens is 332 g/mol. The van der Waals surface area contributed by atoms with Gasteiger partial charge >= 0.3 is 12.6 Å². The van der Waals surface area contributed by atoms with Crippen LogP contribution < -0.4 is 10.1 Å². The van der Waals surface area contributed by atoms with Gasteiger partial charge in [-0.15, -0.1) is 0 Å². The fourth-order valence-corrected chi connectivity index (χ4v) is 2.16. The smallest absolute Gasteiger partial charge is 0.387 e. The van der Waals surface area contributed by atoms with Crippen LogP contribution in [-0.2, 0) is 11.2 Å². The molecule has 25 heavy (non-hydrogen) atoms. The third kappa shape index (κ3) is 5.56. The molecule has 132 valence electrons. The second-order valence-electron chi connectivity index (χ2n) is 5.10. The summed E-state index contributed by atoms with van der Waals surface area (Å²) in [5.41, 5.74) is 1.62. The van der Waals surface area contributed by atoms with Crippen LogP contribution in [0.15, 0.2) is 48.5 Å². The molecule has 0 bridgehead atoms. The van der Waals surface area contributed by atoms with Crippen molar-refractivity contribution in [2.75, 3.05) is 13.7 Å². The van der Waals surface area contributed by atoms with Crippen LogP contribution in [0.4, 0.5) is 8.78 Å². The quantitative estimate of drug-likeness (QED) is 0.781. The Hall–Kier alpha value is -2.96. The van der Waals surface area contributed by atoms with Crippen LogP contribution in [0.25, 0.3) is 0 Å². The number of carbonyl (C=O) groups excluding carboxylic acids is 2. The van der Waals surface area contributed by atoms with Crippen molar-refractivity contribution in [1.29, 1.82) is 0 Å². The maximum absolute atomic E-state index is 12.2. The highest BCUT2D eigenvalue weighted by Crippen LogP contribution is 2.16. The van der Waals surface area contributed by atoms with Gasteiger partial charge in [0.2, 0.25) is 0 Å². The zero-order valence-electron chi connectivity index (χ0n) is 13.5. The van der Waals surface area contributed by atoms with Crippen molar-refractivity contribution in [2.45, 2.75) is 13.0 Å². The molecule has 0 spiro atoms. The first kappa shape index (κ1) is 18.4. The van der Waals surface area contributed by atoms with Gasteiger partial charge in [0, 0.05) is 12.1 Å². The van der Waals surface area contributed by atoms with E-state index < -0.39 is 12.6 Å². The van der Waals surface area contributed by atoms with Gasteiger partial charge in [-0.25, -0.2) is 4.79 Å². The highest BCUT2D eigenvalue weighted by atomic mass is 19.3. The molecule has 1 N–H and O–H groups in total. The van der Waals surface area contributed by atoms with Crippen molar-refractivity contribution in [2.24, 2.45) is 0 Å². The third-order valence-corrected chi connectivity index (χ3v) is 3.40. The number of benzene rings is 2. The maximum atomic E-state index is 12.2. The summed E-state index contributed by atoms with van der Waals surface area (Å²) >= 11 is 0. The van der Waals surface area contributed by atoms with Crippen LogP contribution >= 0.6 is 0 Å². The first-order valence-corrected chi connectivity index (χ1v) is 7.50. The molecule has 2 rings (SSSR count). The molecule has 0 aromatic heterocycles. The van der Waals surface area contributed by atoms with Gasteiger partial charge in [0.05, 0.1) is 12.7 Å². The summed E-state index contributed by atoms with van der Waals surface area (Å²) < 4.78 is 33.3. The monoisotopic (exact) mass is 349 g/mol. The Bertz CT molecular complexity index is 732. The standard InChI is InChI=1S/C18H17F2NO4/c1-24-17(23)13-7-5-12(6-8-13)9-10-21-16(22)14-3-2-4-15(11-14)25-18(19)20/h2-8,11,18H,9-10H2,1H3,(H,21,22). The van der Waals surface area contributed by atoms with Crippen molar-refractivity contribution < 1.29 is 27.8 Å². The number of rotatable bonds is 7. The Kier molecular flexibility index (Phi) is 6.45. The predicted octanol–water partition coefficient (Wildman–Crippen LogP) is 3.05. The van der Waals surface area contributed by atoms with Gasteiger partial charge in [-0.05, 0) is 42.3 Å². The maximum Gasteiger partial charge on any atom is 0.387 e. The summed E-state index contributed by atoms with van der Waals surface area (Å²) in [6.07, 6.45) is 0.556. The number of methoxy groups -OCH3 is 1. The number of halogens is 2. The van der Waals surface area contributed by atoms with E-state index in [1.807, 2.05) is 0 Å². The molecule has 1 amide bonds. The van der Waals surface area contributed by atoms with Crippen LogP contribution in [0.1, 0.15) is 26.3 Å². The Morgan fingerprint density at radius 1 is 1.08 bits per heavy atom. The van der Waals surface area contributed by atoms with Crippen molar-refractivity contribution in [3.05, 3.63) is 65.2 Å². The van der Waals surface area contributed by atoms with Crippen LogP contribution in [0.2, 0.25) is 0 Å². The Balaban J connectivity index is 1.87. The molecule has 5 nitrogen and oxygen atoms in total. The fourth-order valence-electron chi connectivity index (χ4n) is 2.16. The average molecular weight is 349 g/mol. The van der Waals surface area contributed by atoms with Crippen molar-refractivity contribution in [3.63, 3.8) is 0 Å². The minimum atomic E-state index is -2.94. The van der Waals surface area contributed by atoms with Crippen molar-refractivity contribution in [1.82, 2.24) is 5.32 Å². The first-order valence-electron chi connectivity index (χ1n) is 7.50. The highest BCUT2D eigenvalue weighted by molar-refractivity contribution is 5.94. The molecule has 7 heteroatoms. The number of ether oxygens (including phenoxy) is 2. The molecule has 0 saturated heterocycles. The number of alkyl halides is 2. The summed E-state index contributed by atoms with van der Waals surface area (Å²) in [6.45, 7) is -2.58. The number of hydrogen-bond acceptors (Lipinski definition) is 4. The molecule has 0 atom stereocenters. The Morgan fingerprint density at radius 2 is 1.80 bits per heavy atom. The average Bonchev–Trinajstić information content (AvgIpc) is 2.61. The van der Waals surface area contributed by atoms with E-state index in [0.29, 0.717) is 18.5 Å². The normalized spacial score (nSPS) is 10.4. The summed E-state index contributed by atoms with van der Waals surface area (Å²) in [5, 5.41) is 2.70. The largest absolute Gasteiger partial charge is 0.465 e. The molecule has 0 saturated carbocycles. The molecule has 0 radical (unpaired) electrons. The number of carbonyl (C=O) groups is 2. The fraction of sp³-hybridized carbons (Fsp3) is 0.222. The van der Waals surface area contributed by atoms with E-state index >= 15 is 0 Å². The molecule has 0 aliphatic rings. The first-order chi connectivity index (χ1) is 12.0. The molecule has 0 unspecified atom stereocenters. The number of nitrogens with one attached hydrogen (secondary N) is 1. The minimum Gasteiger partial charge on any atom is -0.465 e. The number of amides is 1. The van der Waals surface area contributed by atoms with E-state index in [2.05, 4.69) is 14.8 Å². The molecular formula is C18H17F2NO4. The van der Waals surface area contributed by atoms with Gasteiger partial charge in [0.25, 0.3) is 5.91 Å². The number of esters is 1. The van der Waals surface area contributed by atoms with Gasteiger partial charge in [-0.1, -0.05) is 18.2 Å². The van der Waals surface area contributed by atoms with E-state index in [1.165, 1.54) is 31.4 Å². The lowest BCUT2D eigenvalue weighted by molar-refractivity contribution is -0.0498. The van der Waals surface area contributed by atoms with E-state index in [9.17, 15) is 18.4 Å². The van der Waals surface area contributed by atoms with E-state index in [0.717, 1.165) is 5.56 Å². The van der Waals surface area contributed by atoms with Crippen LogP contribution in [0.5, 0.6) is 5.75 Å². The SMILES string of the molecule is COC(=O)c1ccc(CCNC(=O)c2cccc(OC(F)F)c2)cc1. The van der Waals surface area contributed by atoms with Crippen LogP contribution in [-0.4, -0.2) is 32.1 Å². The zero-order chi connectivity index (χ0) is 18.2. The Labute approximate surface area is 143 Å². The lowest BCUT2D eigenvalue weighted by Crippen LogP contribution is -2.25. The highest BCUT2D eigenvalue weighted by Gasteiger charge is 2.09. The van der Waals surface area contributed by atoms with Crippen LogP contribution in [0, 0.1) is 0 Å². The van der Waals surface area contributed by atoms with Crippen LogP contribution in [0.3, 0.4) is 0 Å². The molecule has 2 aromatic rings. The molecule has 0 heterocycles. The minimum absolute atomic E-state index is 0.0685. The van der Waals surface area contributed by atoms with Gasteiger partial charge < -0.3 is 14.8 Å². The van der Waals surface area contributed by atoms with E-state index in [-0.39, 0.29) is 17.2 Å². The summed E-state index contributed by atoms with van der Waals surface area (Å²) in [7, 11) is 1.31. The van der Waals surface area contributed by atoms with Crippen molar-refractivity contribution in [3.8, 4) is 5.75 Å². The second-order valence-corrected chi connectivity index (χ2v) is 5.10. The predicted molar refractivity (Wildman–Crippen MR) is 86.9 cm³/mol. The van der Waals surface area contributed by atoms with Gasteiger partial charge in [0.1, 0.15) is 5.75 Å². The zero-order valence-corrected chi connectivity index (χ0v) is 13.5. The Morgan fingerprint density at radius 3 is 2.44 bits per heavy atom. The lowest BCUT2D eigenvalue weighted by Gasteiger charge is -2.08. The second kappa shape index (κ2) is 8.77. The molecule has 2 aromatic carbocycles. The molecule has 0 aliphatic carbocycles. The van der Waals surface area contributed by atoms with Gasteiger partial charge in [-0.2, -0.15) is 8.78 Å². The molecule has 0 fully saturated rings. The van der Waals surface area contributed by atoms with Gasteiger partial charge in [0.15, 0.2) is 0 Å².